The van der Waals surface area contributed by atoms with Crippen LogP contribution in [0.15, 0.2) is 60.7 Å². The highest BCUT2D eigenvalue weighted by Gasteiger charge is 2.17. The van der Waals surface area contributed by atoms with Crippen LogP contribution >= 0.6 is 0 Å². The standard InChI is InChI=1S/C17H19NO2/c1-13(12-16(19)20)18-17(14-8-4-2-5-9-14)15-10-6-3-7-11-15/h2-11,13,17-18H,12H2,1H3,(H,19,20)/t13-/m1/s1. The summed E-state index contributed by atoms with van der Waals surface area (Å²) in [6.45, 7) is 1.90. The first-order chi connectivity index (χ1) is 9.66. The van der Waals surface area contributed by atoms with E-state index in [1.54, 1.807) is 0 Å². The van der Waals surface area contributed by atoms with Gasteiger partial charge in [-0.2, -0.15) is 0 Å². The molecule has 0 aliphatic rings. The molecule has 2 aromatic rings. The van der Waals surface area contributed by atoms with E-state index >= 15 is 0 Å². The van der Waals surface area contributed by atoms with Crippen LogP contribution in [0, 0.1) is 0 Å². The lowest BCUT2D eigenvalue weighted by Gasteiger charge is -2.23. The van der Waals surface area contributed by atoms with Gasteiger partial charge in [-0.05, 0) is 18.1 Å². The minimum atomic E-state index is -0.787. The first kappa shape index (κ1) is 14.3. The second kappa shape index (κ2) is 6.87. The molecule has 2 aromatic carbocycles. The highest BCUT2D eigenvalue weighted by atomic mass is 16.4. The molecular weight excluding hydrogens is 250 g/mol. The number of hydrogen-bond donors (Lipinski definition) is 2. The summed E-state index contributed by atoms with van der Waals surface area (Å²) in [5, 5.41) is 12.3. The molecule has 20 heavy (non-hydrogen) atoms. The van der Waals surface area contributed by atoms with Crippen LogP contribution in [0.1, 0.15) is 30.5 Å². The zero-order chi connectivity index (χ0) is 14.4. The van der Waals surface area contributed by atoms with E-state index in [1.807, 2.05) is 43.3 Å². The van der Waals surface area contributed by atoms with Crippen molar-refractivity contribution in [2.45, 2.75) is 25.4 Å². The Morgan fingerprint density at radius 3 is 1.85 bits per heavy atom. The number of aliphatic carboxylic acids is 1. The molecule has 1 atom stereocenters. The van der Waals surface area contributed by atoms with Crippen molar-refractivity contribution >= 4 is 5.97 Å². The van der Waals surface area contributed by atoms with Gasteiger partial charge in [0.05, 0.1) is 12.5 Å². The first-order valence-electron chi connectivity index (χ1n) is 6.74. The molecule has 0 unspecified atom stereocenters. The molecule has 2 N–H and O–H groups in total. The number of carboxylic acids is 1. The van der Waals surface area contributed by atoms with Crippen LogP contribution in [0.4, 0.5) is 0 Å². The van der Waals surface area contributed by atoms with E-state index in [-0.39, 0.29) is 18.5 Å². The molecule has 3 heteroatoms. The van der Waals surface area contributed by atoms with E-state index in [2.05, 4.69) is 29.6 Å². The lowest BCUT2D eigenvalue weighted by molar-refractivity contribution is -0.137. The fraction of sp³-hybridized carbons (Fsp3) is 0.235. The van der Waals surface area contributed by atoms with Gasteiger partial charge in [0.25, 0.3) is 0 Å². The molecule has 0 aliphatic carbocycles. The lowest BCUT2D eigenvalue weighted by Crippen LogP contribution is -2.33. The normalized spacial score (nSPS) is 12.3. The molecule has 0 radical (unpaired) electrons. The predicted octanol–water partition coefficient (Wildman–Crippen LogP) is 3.23. The summed E-state index contributed by atoms with van der Waals surface area (Å²) in [5.41, 5.74) is 2.27. The van der Waals surface area contributed by atoms with Crippen LogP contribution in [-0.2, 0) is 4.79 Å². The third kappa shape index (κ3) is 3.93. The Balaban J connectivity index is 2.24. The number of carboxylic acid groups (broad SMARTS) is 1. The molecule has 0 amide bonds. The van der Waals surface area contributed by atoms with E-state index in [0.29, 0.717) is 0 Å². The van der Waals surface area contributed by atoms with Gasteiger partial charge in [-0.25, -0.2) is 0 Å². The number of hydrogen-bond acceptors (Lipinski definition) is 2. The highest BCUT2D eigenvalue weighted by Crippen LogP contribution is 2.22. The maximum absolute atomic E-state index is 10.8. The topological polar surface area (TPSA) is 49.3 Å². The van der Waals surface area contributed by atoms with Gasteiger partial charge < -0.3 is 10.4 Å². The Morgan fingerprint density at radius 1 is 1.00 bits per heavy atom. The fourth-order valence-corrected chi connectivity index (χ4v) is 2.28. The third-order valence-corrected chi connectivity index (χ3v) is 3.20. The van der Waals surface area contributed by atoms with Gasteiger partial charge in [-0.1, -0.05) is 60.7 Å². The molecule has 0 bridgehead atoms. The Kier molecular flexibility index (Phi) is 4.91. The second-order valence-electron chi connectivity index (χ2n) is 4.92. The Labute approximate surface area is 119 Å². The smallest absolute Gasteiger partial charge is 0.304 e. The van der Waals surface area contributed by atoms with Gasteiger partial charge in [0.15, 0.2) is 0 Å². The molecule has 0 aliphatic heterocycles. The highest BCUT2D eigenvalue weighted by molar-refractivity contribution is 5.67. The van der Waals surface area contributed by atoms with Crippen LogP contribution in [0.25, 0.3) is 0 Å². The number of rotatable bonds is 6. The summed E-state index contributed by atoms with van der Waals surface area (Å²) in [4.78, 5) is 10.8. The summed E-state index contributed by atoms with van der Waals surface area (Å²) < 4.78 is 0. The monoisotopic (exact) mass is 269 g/mol. The van der Waals surface area contributed by atoms with Crippen molar-refractivity contribution in [3.8, 4) is 0 Å². The zero-order valence-corrected chi connectivity index (χ0v) is 11.5. The SMILES string of the molecule is C[C@H](CC(=O)O)NC(c1ccccc1)c1ccccc1. The van der Waals surface area contributed by atoms with Crippen molar-refractivity contribution < 1.29 is 9.90 Å². The number of nitrogens with one attached hydrogen (secondary N) is 1. The van der Waals surface area contributed by atoms with Gasteiger partial charge in [0.1, 0.15) is 0 Å². The van der Waals surface area contributed by atoms with Gasteiger partial charge in [-0.15, -0.1) is 0 Å². The average Bonchev–Trinajstić information content (AvgIpc) is 2.46. The van der Waals surface area contributed by atoms with Crippen LogP contribution < -0.4 is 5.32 Å². The fourth-order valence-electron chi connectivity index (χ4n) is 2.28. The summed E-state index contributed by atoms with van der Waals surface area (Å²) in [6, 6.07) is 20.1. The molecule has 0 saturated carbocycles. The van der Waals surface area contributed by atoms with Crippen molar-refractivity contribution in [2.75, 3.05) is 0 Å². The van der Waals surface area contributed by atoms with Crippen molar-refractivity contribution in [1.82, 2.24) is 5.32 Å². The Morgan fingerprint density at radius 2 is 1.45 bits per heavy atom. The molecule has 0 saturated heterocycles. The minimum absolute atomic E-state index is 0.00625. The molecule has 0 heterocycles. The van der Waals surface area contributed by atoms with Gasteiger partial charge >= 0.3 is 5.97 Å². The van der Waals surface area contributed by atoms with E-state index in [9.17, 15) is 4.79 Å². The molecule has 0 fully saturated rings. The minimum Gasteiger partial charge on any atom is -0.481 e. The van der Waals surface area contributed by atoms with E-state index in [0.717, 1.165) is 11.1 Å². The van der Waals surface area contributed by atoms with Gasteiger partial charge in [0, 0.05) is 6.04 Å². The summed E-state index contributed by atoms with van der Waals surface area (Å²) in [5.74, 6) is -0.787. The van der Waals surface area contributed by atoms with Crippen LogP contribution in [0.5, 0.6) is 0 Å². The van der Waals surface area contributed by atoms with Crippen molar-refractivity contribution in [2.24, 2.45) is 0 Å². The maximum atomic E-state index is 10.8. The van der Waals surface area contributed by atoms with Crippen LogP contribution in [0.2, 0.25) is 0 Å². The van der Waals surface area contributed by atoms with Crippen molar-refractivity contribution in [3.63, 3.8) is 0 Å². The first-order valence-corrected chi connectivity index (χ1v) is 6.74. The predicted molar refractivity (Wildman–Crippen MR) is 79.6 cm³/mol. The molecule has 0 spiro atoms. The Hall–Kier alpha value is -2.13. The molecule has 2 rings (SSSR count). The summed E-state index contributed by atoms with van der Waals surface area (Å²) >= 11 is 0. The van der Waals surface area contributed by atoms with Gasteiger partial charge in [-0.3, -0.25) is 4.79 Å². The lowest BCUT2D eigenvalue weighted by atomic mass is 9.97. The maximum Gasteiger partial charge on any atom is 0.304 e. The number of carbonyl (C=O) groups is 1. The number of benzene rings is 2. The van der Waals surface area contributed by atoms with Crippen molar-refractivity contribution in [3.05, 3.63) is 71.8 Å². The summed E-state index contributed by atoms with van der Waals surface area (Å²) in [7, 11) is 0. The molecule has 104 valence electrons. The Bertz CT molecular complexity index is 500. The largest absolute Gasteiger partial charge is 0.481 e. The van der Waals surface area contributed by atoms with E-state index < -0.39 is 5.97 Å². The molecule has 3 nitrogen and oxygen atoms in total. The third-order valence-electron chi connectivity index (χ3n) is 3.20. The van der Waals surface area contributed by atoms with Crippen LogP contribution in [-0.4, -0.2) is 17.1 Å². The van der Waals surface area contributed by atoms with E-state index in [1.165, 1.54) is 0 Å². The zero-order valence-electron chi connectivity index (χ0n) is 11.5. The second-order valence-corrected chi connectivity index (χ2v) is 4.92. The van der Waals surface area contributed by atoms with E-state index in [4.69, 9.17) is 5.11 Å². The average molecular weight is 269 g/mol. The molecular formula is C17H19NO2. The quantitative estimate of drug-likeness (QED) is 0.846. The molecule has 0 aromatic heterocycles. The van der Waals surface area contributed by atoms with Crippen LogP contribution in [0.3, 0.4) is 0 Å². The van der Waals surface area contributed by atoms with Crippen molar-refractivity contribution in [1.29, 1.82) is 0 Å². The van der Waals surface area contributed by atoms with Gasteiger partial charge in [0.2, 0.25) is 0 Å². The summed E-state index contributed by atoms with van der Waals surface area (Å²) in [6.07, 6.45) is 0.107.